The summed E-state index contributed by atoms with van der Waals surface area (Å²) in [6, 6.07) is 3.28. The van der Waals surface area contributed by atoms with Gasteiger partial charge in [-0.1, -0.05) is 0 Å². The van der Waals surface area contributed by atoms with E-state index < -0.39 is 46.6 Å². The molecule has 4 N–H and O–H groups in total. The number of nitrogens with one attached hydrogen (secondary N) is 2. The molecule has 3 heterocycles. The van der Waals surface area contributed by atoms with Crippen molar-refractivity contribution >= 4 is 28.7 Å². The van der Waals surface area contributed by atoms with E-state index in [1.807, 2.05) is 10.6 Å². The fourth-order valence-electron chi connectivity index (χ4n) is 4.56. The third kappa shape index (κ3) is 6.05. The summed E-state index contributed by atoms with van der Waals surface area (Å²) in [4.78, 5) is 18.4. The number of fused-ring (bicyclic) bond motifs is 1. The van der Waals surface area contributed by atoms with Crippen LogP contribution in [0.4, 0.5) is 48.3 Å². The van der Waals surface area contributed by atoms with Crippen LogP contribution in [0.3, 0.4) is 0 Å². The summed E-state index contributed by atoms with van der Waals surface area (Å²) in [5.74, 6) is -3.14. The number of anilines is 3. The van der Waals surface area contributed by atoms with Gasteiger partial charge in [-0.15, -0.1) is 0 Å². The van der Waals surface area contributed by atoms with E-state index in [9.17, 15) is 22.4 Å². The van der Waals surface area contributed by atoms with Crippen LogP contribution in [-0.4, -0.2) is 51.8 Å². The van der Waals surface area contributed by atoms with Gasteiger partial charge in [0.2, 0.25) is 0 Å². The van der Waals surface area contributed by atoms with Gasteiger partial charge >= 0.3 is 12.2 Å². The molecule has 41 heavy (non-hydrogen) atoms. The minimum atomic E-state index is -4.79. The summed E-state index contributed by atoms with van der Waals surface area (Å²) in [5, 5.41) is 8.11. The number of benzene rings is 2. The van der Waals surface area contributed by atoms with Crippen LogP contribution >= 0.6 is 0 Å². The molecule has 2 aromatic carbocycles. The number of aromatic nitrogens is 3. The zero-order valence-corrected chi connectivity index (χ0v) is 21.2. The van der Waals surface area contributed by atoms with Gasteiger partial charge in [0, 0.05) is 43.4 Å². The van der Waals surface area contributed by atoms with Crippen molar-refractivity contribution in [2.24, 2.45) is 0 Å². The summed E-state index contributed by atoms with van der Waals surface area (Å²) < 4.78 is 90.3. The van der Waals surface area contributed by atoms with Crippen LogP contribution in [0, 0.1) is 17.5 Å². The number of ether oxygens (including phenoxy) is 1. The quantitative estimate of drug-likeness (QED) is 0.278. The molecule has 15 heteroatoms. The van der Waals surface area contributed by atoms with Crippen LogP contribution in [0.1, 0.15) is 17.7 Å². The minimum absolute atomic E-state index is 0.0324. The second kappa shape index (κ2) is 11.2. The first-order valence-electron chi connectivity index (χ1n) is 12.4. The van der Waals surface area contributed by atoms with E-state index in [4.69, 9.17) is 10.5 Å². The molecule has 4 aromatic rings. The highest BCUT2D eigenvalue weighted by Crippen LogP contribution is 2.35. The van der Waals surface area contributed by atoms with E-state index in [-0.39, 0.29) is 22.5 Å². The van der Waals surface area contributed by atoms with Crippen LogP contribution in [0.25, 0.3) is 16.6 Å². The largest absolute Gasteiger partial charge is 0.416 e. The fourth-order valence-corrected chi connectivity index (χ4v) is 4.56. The summed E-state index contributed by atoms with van der Waals surface area (Å²) in [7, 11) is 0. The van der Waals surface area contributed by atoms with Crippen LogP contribution in [-0.2, 0) is 17.5 Å². The number of urea groups is 1. The van der Waals surface area contributed by atoms with Crippen molar-refractivity contribution in [2.75, 3.05) is 42.7 Å². The Balaban J connectivity index is 1.42. The molecule has 0 aliphatic carbocycles. The molecule has 1 aliphatic rings. The number of carbonyl (C=O) groups is 1. The van der Waals surface area contributed by atoms with E-state index in [0.29, 0.717) is 56.3 Å². The van der Waals surface area contributed by atoms with Gasteiger partial charge in [0.05, 0.1) is 29.2 Å². The topological polar surface area (TPSA) is 110 Å². The Hall–Kier alpha value is -4.37. The SMILES string of the molecule is Nc1ncnn2c(CN3CCCOCC3)cc(-c3cc(F)c(NC(=O)Nc4cc(C(F)(F)F)ccc4F)cc3F)c12. The lowest BCUT2D eigenvalue weighted by Crippen LogP contribution is -2.26. The fraction of sp³-hybridized carbons (Fsp3) is 0.269. The van der Waals surface area contributed by atoms with Gasteiger partial charge in [-0.25, -0.2) is 27.5 Å². The third-order valence-corrected chi connectivity index (χ3v) is 6.49. The van der Waals surface area contributed by atoms with Gasteiger partial charge in [-0.05, 0) is 36.8 Å². The van der Waals surface area contributed by atoms with Crippen LogP contribution in [0.5, 0.6) is 0 Å². The van der Waals surface area contributed by atoms with Crippen LogP contribution in [0.2, 0.25) is 0 Å². The number of nitrogens with zero attached hydrogens (tertiary/aromatic N) is 4. The number of nitrogens with two attached hydrogens (primary N) is 1. The Labute approximate surface area is 228 Å². The molecule has 0 atom stereocenters. The smallest absolute Gasteiger partial charge is 0.382 e. The molecule has 0 bridgehead atoms. The molecule has 5 rings (SSSR count). The molecule has 0 unspecified atom stereocenters. The first-order chi connectivity index (χ1) is 19.5. The lowest BCUT2D eigenvalue weighted by Gasteiger charge is -2.18. The zero-order valence-electron chi connectivity index (χ0n) is 21.2. The van der Waals surface area contributed by atoms with Crippen molar-refractivity contribution in [3.05, 3.63) is 71.4 Å². The Morgan fingerprint density at radius 2 is 1.71 bits per heavy atom. The van der Waals surface area contributed by atoms with E-state index in [1.165, 1.54) is 10.8 Å². The van der Waals surface area contributed by atoms with E-state index in [1.54, 1.807) is 6.07 Å². The molecule has 2 aromatic heterocycles. The molecule has 1 fully saturated rings. The lowest BCUT2D eigenvalue weighted by molar-refractivity contribution is -0.137. The number of rotatable bonds is 5. The van der Waals surface area contributed by atoms with Gasteiger partial charge in [0.1, 0.15) is 29.3 Å². The number of nitrogen functional groups attached to an aromatic ring is 1. The first-order valence-corrected chi connectivity index (χ1v) is 12.4. The second-order valence-corrected chi connectivity index (χ2v) is 9.28. The van der Waals surface area contributed by atoms with Crippen molar-refractivity contribution in [3.8, 4) is 11.1 Å². The average Bonchev–Trinajstić information content (AvgIpc) is 3.07. The second-order valence-electron chi connectivity index (χ2n) is 9.28. The van der Waals surface area contributed by atoms with Crippen LogP contribution in [0.15, 0.2) is 42.7 Å². The molecule has 2 amide bonds. The highest BCUT2D eigenvalue weighted by molar-refractivity contribution is 6.00. The van der Waals surface area contributed by atoms with E-state index in [0.717, 1.165) is 19.0 Å². The third-order valence-electron chi connectivity index (χ3n) is 6.49. The standard InChI is InChI=1S/C26H23F6N7O2/c27-18-3-2-14(26(30,31)32)8-21(18)36-25(40)37-22-11-19(28)16(10-20(22)29)17-9-15(12-38-4-1-6-41-7-5-38)39-23(17)24(33)34-13-35-39/h2-3,8-11,13H,1,4-7,12H2,(H2,33,34,35)(H2,36,37,40). The molecule has 0 saturated carbocycles. The van der Waals surface area contributed by atoms with Crippen LogP contribution < -0.4 is 16.4 Å². The maximum atomic E-state index is 15.4. The number of alkyl halides is 3. The van der Waals surface area contributed by atoms with Crippen molar-refractivity contribution in [1.82, 2.24) is 19.5 Å². The average molecular weight is 580 g/mol. The van der Waals surface area contributed by atoms with E-state index in [2.05, 4.69) is 15.0 Å². The summed E-state index contributed by atoms with van der Waals surface area (Å²) in [6.45, 7) is 3.05. The molecule has 0 spiro atoms. The summed E-state index contributed by atoms with van der Waals surface area (Å²) in [5.41, 5.74) is 4.37. The molecule has 9 nitrogen and oxygen atoms in total. The summed E-state index contributed by atoms with van der Waals surface area (Å²) >= 11 is 0. The van der Waals surface area contributed by atoms with Gasteiger partial charge in [0.25, 0.3) is 0 Å². The van der Waals surface area contributed by atoms with Gasteiger partial charge in [0.15, 0.2) is 5.82 Å². The van der Waals surface area contributed by atoms with Crippen molar-refractivity contribution in [3.63, 3.8) is 0 Å². The normalized spacial score (nSPS) is 14.7. The highest BCUT2D eigenvalue weighted by atomic mass is 19.4. The molecular formula is C26H23F6N7O2. The van der Waals surface area contributed by atoms with Crippen molar-refractivity contribution < 1.29 is 35.9 Å². The number of hydrogen-bond acceptors (Lipinski definition) is 6. The molecule has 0 radical (unpaired) electrons. The number of carbonyl (C=O) groups excluding carboxylic acids is 1. The predicted molar refractivity (Wildman–Crippen MR) is 138 cm³/mol. The lowest BCUT2D eigenvalue weighted by atomic mass is 10.0. The van der Waals surface area contributed by atoms with E-state index >= 15 is 8.78 Å². The Morgan fingerprint density at radius 1 is 0.951 bits per heavy atom. The summed E-state index contributed by atoms with van der Waals surface area (Å²) in [6.07, 6.45) is -2.71. The predicted octanol–water partition coefficient (Wildman–Crippen LogP) is 5.28. The van der Waals surface area contributed by atoms with Gasteiger partial charge in [-0.2, -0.15) is 18.3 Å². The van der Waals surface area contributed by atoms with Gasteiger partial charge < -0.3 is 21.1 Å². The molecule has 1 aliphatic heterocycles. The maximum Gasteiger partial charge on any atom is 0.416 e. The number of halogens is 6. The maximum absolute atomic E-state index is 15.4. The highest BCUT2D eigenvalue weighted by Gasteiger charge is 2.31. The number of amides is 2. The molecular weight excluding hydrogens is 556 g/mol. The zero-order chi connectivity index (χ0) is 29.3. The van der Waals surface area contributed by atoms with Crippen molar-refractivity contribution in [1.29, 1.82) is 0 Å². The minimum Gasteiger partial charge on any atom is -0.382 e. The first kappa shape index (κ1) is 28.2. The number of hydrogen-bond donors (Lipinski definition) is 3. The van der Waals surface area contributed by atoms with Gasteiger partial charge in [-0.3, -0.25) is 4.90 Å². The van der Waals surface area contributed by atoms with Crippen molar-refractivity contribution in [2.45, 2.75) is 19.1 Å². The monoisotopic (exact) mass is 579 g/mol. The Kier molecular flexibility index (Phi) is 7.73. The Morgan fingerprint density at radius 3 is 2.46 bits per heavy atom. The molecule has 1 saturated heterocycles. The Bertz CT molecular complexity index is 1600. The molecule has 216 valence electrons.